The van der Waals surface area contributed by atoms with Gasteiger partial charge in [0, 0.05) is 5.69 Å². The molecule has 2 aliphatic rings. The third-order valence-corrected chi connectivity index (χ3v) is 5.88. The quantitative estimate of drug-likeness (QED) is 0.783. The van der Waals surface area contributed by atoms with Gasteiger partial charge in [-0.05, 0) is 67.7 Å². The van der Waals surface area contributed by atoms with Gasteiger partial charge in [-0.3, -0.25) is 0 Å². The van der Waals surface area contributed by atoms with Crippen LogP contribution in [0.2, 0.25) is 0 Å². The van der Waals surface area contributed by atoms with Crippen LogP contribution in [0.5, 0.6) is 0 Å². The van der Waals surface area contributed by atoms with Gasteiger partial charge < -0.3 is 11.1 Å². The van der Waals surface area contributed by atoms with Gasteiger partial charge >= 0.3 is 6.03 Å². The number of aryl methyl sites for hydroxylation is 2. The molecule has 22 heavy (non-hydrogen) atoms. The van der Waals surface area contributed by atoms with Crippen molar-refractivity contribution >= 4 is 21.7 Å². The van der Waals surface area contributed by atoms with E-state index in [1.807, 2.05) is 4.72 Å². The standard InChI is InChI=1S/C15H21N3O3S/c1-9(16)22(20,21)18-15(19)17-14-12-6-2-4-10(12)8-11-5-3-7-13(11)14/h8-9H,2-7,16H2,1H3,(H2,17,18,19). The summed E-state index contributed by atoms with van der Waals surface area (Å²) in [6.45, 7) is 1.33. The van der Waals surface area contributed by atoms with E-state index < -0.39 is 21.4 Å². The zero-order chi connectivity index (χ0) is 15.9. The summed E-state index contributed by atoms with van der Waals surface area (Å²) in [6, 6.07) is 1.53. The molecule has 0 radical (unpaired) electrons. The number of benzene rings is 1. The van der Waals surface area contributed by atoms with Crippen LogP contribution < -0.4 is 15.8 Å². The summed E-state index contributed by atoms with van der Waals surface area (Å²) < 4.78 is 25.4. The van der Waals surface area contributed by atoms with Gasteiger partial charge in [0.05, 0.1) is 0 Å². The molecule has 0 saturated carbocycles. The summed E-state index contributed by atoms with van der Waals surface area (Å²) >= 11 is 0. The van der Waals surface area contributed by atoms with Gasteiger partial charge in [-0.25, -0.2) is 17.9 Å². The molecule has 0 fully saturated rings. The van der Waals surface area contributed by atoms with Crippen molar-refractivity contribution in [1.29, 1.82) is 0 Å². The van der Waals surface area contributed by atoms with E-state index >= 15 is 0 Å². The van der Waals surface area contributed by atoms with Gasteiger partial charge in [-0.1, -0.05) is 6.07 Å². The molecule has 2 amide bonds. The van der Waals surface area contributed by atoms with Gasteiger partial charge in [0.2, 0.25) is 0 Å². The molecule has 0 spiro atoms. The minimum atomic E-state index is -3.83. The number of anilines is 1. The van der Waals surface area contributed by atoms with Gasteiger partial charge in [0.15, 0.2) is 0 Å². The molecule has 7 heteroatoms. The highest BCUT2D eigenvalue weighted by Gasteiger charge is 2.26. The second-order valence-corrected chi connectivity index (χ2v) is 8.08. The Kier molecular flexibility index (Phi) is 3.86. The highest BCUT2D eigenvalue weighted by Crippen LogP contribution is 2.38. The Morgan fingerprint density at radius 1 is 1.14 bits per heavy atom. The molecule has 3 rings (SSSR count). The first-order valence-electron chi connectivity index (χ1n) is 7.63. The number of urea groups is 1. The van der Waals surface area contributed by atoms with Crippen molar-refractivity contribution in [3.8, 4) is 0 Å². The number of hydrogen-bond donors (Lipinski definition) is 3. The van der Waals surface area contributed by atoms with E-state index in [0.717, 1.165) is 55.3 Å². The fraction of sp³-hybridized carbons (Fsp3) is 0.533. The zero-order valence-electron chi connectivity index (χ0n) is 12.6. The lowest BCUT2D eigenvalue weighted by Gasteiger charge is -2.17. The lowest BCUT2D eigenvalue weighted by atomic mass is 9.99. The monoisotopic (exact) mass is 323 g/mol. The molecule has 1 aromatic carbocycles. The van der Waals surface area contributed by atoms with E-state index in [4.69, 9.17) is 5.73 Å². The minimum Gasteiger partial charge on any atom is -0.314 e. The molecule has 2 aliphatic carbocycles. The largest absolute Gasteiger partial charge is 0.332 e. The van der Waals surface area contributed by atoms with Gasteiger partial charge in [0.25, 0.3) is 10.0 Å². The number of nitrogens with one attached hydrogen (secondary N) is 2. The first-order valence-corrected chi connectivity index (χ1v) is 9.18. The topological polar surface area (TPSA) is 101 Å². The van der Waals surface area contributed by atoms with Crippen LogP contribution >= 0.6 is 0 Å². The lowest BCUT2D eigenvalue weighted by Crippen LogP contribution is -2.43. The molecule has 1 atom stereocenters. The van der Waals surface area contributed by atoms with Crippen LogP contribution in [0, 0.1) is 0 Å². The van der Waals surface area contributed by atoms with Crippen LogP contribution in [-0.2, 0) is 35.7 Å². The number of fused-ring (bicyclic) bond motifs is 2. The molecule has 4 N–H and O–H groups in total. The molecule has 0 aromatic heterocycles. The van der Waals surface area contributed by atoms with Crippen LogP contribution in [0.4, 0.5) is 10.5 Å². The van der Waals surface area contributed by atoms with E-state index in [1.165, 1.54) is 18.1 Å². The fourth-order valence-electron chi connectivity index (χ4n) is 3.33. The maximum absolute atomic E-state index is 12.1. The first-order chi connectivity index (χ1) is 10.4. The number of sulfonamides is 1. The van der Waals surface area contributed by atoms with E-state index in [9.17, 15) is 13.2 Å². The molecular formula is C15H21N3O3S. The Labute approximate surface area is 130 Å². The van der Waals surface area contributed by atoms with Crippen molar-refractivity contribution in [2.24, 2.45) is 5.73 Å². The smallest absolute Gasteiger partial charge is 0.314 e. The van der Waals surface area contributed by atoms with E-state index in [2.05, 4.69) is 11.4 Å². The Bertz CT molecular complexity index is 694. The van der Waals surface area contributed by atoms with Crippen molar-refractivity contribution in [2.75, 3.05) is 5.32 Å². The van der Waals surface area contributed by atoms with Crippen LogP contribution in [0.1, 0.15) is 42.0 Å². The number of amides is 2. The predicted octanol–water partition coefficient (Wildman–Crippen LogP) is 1.42. The maximum Gasteiger partial charge on any atom is 0.332 e. The van der Waals surface area contributed by atoms with Crippen LogP contribution in [0.25, 0.3) is 0 Å². The molecule has 0 aliphatic heterocycles. The second kappa shape index (κ2) is 5.55. The van der Waals surface area contributed by atoms with Crippen molar-refractivity contribution < 1.29 is 13.2 Å². The third-order valence-electron chi connectivity index (χ3n) is 4.44. The predicted molar refractivity (Wildman–Crippen MR) is 85.2 cm³/mol. The molecule has 1 aromatic rings. The van der Waals surface area contributed by atoms with Crippen LogP contribution in [0.3, 0.4) is 0 Å². The normalized spacial score (nSPS) is 17.7. The summed E-state index contributed by atoms with van der Waals surface area (Å²) in [5, 5.41) is 1.64. The van der Waals surface area contributed by atoms with Gasteiger partial charge in [-0.15, -0.1) is 0 Å². The first kappa shape index (κ1) is 15.3. The minimum absolute atomic E-state index is 0.730. The molecule has 1 unspecified atom stereocenters. The average Bonchev–Trinajstić information content (AvgIpc) is 3.05. The molecule has 0 saturated heterocycles. The Morgan fingerprint density at radius 3 is 2.18 bits per heavy atom. The molecule has 6 nitrogen and oxygen atoms in total. The summed E-state index contributed by atoms with van der Waals surface area (Å²) in [6.07, 6.45) is 6.06. The average molecular weight is 323 g/mol. The van der Waals surface area contributed by atoms with Crippen molar-refractivity contribution in [1.82, 2.24) is 4.72 Å². The number of nitrogens with two attached hydrogens (primary N) is 1. The van der Waals surface area contributed by atoms with E-state index in [-0.39, 0.29) is 0 Å². The highest BCUT2D eigenvalue weighted by atomic mass is 32.2. The van der Waals surface area contributed by atoms with Crippen molar-refractivity contribution in [3.05, 3.63) is 28.3 Å². The van der Waals surface area contributed by atoms with E-state index in [0.29, 0.717) is 0 Å². The summed E-state index contributed by atoms with van der Waals surface area (Å²) in [5.74, 6) is 0. The Morgan fingerprint density at radius 2 is 1.68 bits per heavy atom. The highest BCUT2D eigenvalue weighted by molar-refractivity contribution is 7.90. The van der Waals surface area contributed by atoms with Crippen LogP contribution in [-0.4, -0.2) is 19.8 Å². The zero-order valence-corrected chi connectivity index (χ0v) is 13.4. The summed E-state index contributed by atoms with van der Waals surface area (Å²) in [4.78, 5) is 12.1. The molecule has 0 heterocycles. The number of carbonyl (C=O) groups is 1. The number of hydrogen-bond acceptors (Lipinski definition) is 4. The summed E-state index contributed by atoms with van der Waals surface area (Å²) in [5.41, 5.74) is 11.1. The summed E-state index contributed by atoms with van der Waals surface area (Å²) in [7, 11) is -3.83. The number of carbonyl (C=O) groups excluding carboxylic acids is 1. The molecular weight excluding hydrogens is 302 g/mol. The SMILES string of the molecule is CC(N)S(=O)(=O)NC(=O)Nc1c2c(cc3c1CCC3)CCC2. The molecule has 0 bridgehead atoms. The van der Waals surface area contributed by atoms with Gasteiger partial charge in [0.1, 0.15) is 5.37 Å². The Hall–Kier alpha value is -1.60. The third kappa shape index (κ3) is 2.70. The molecule has 120 valence electrons. The Balaban J connectivity index is 1.89. The van der Waals surface area contributed by atoms with E-state index in [1.54, 1.807) is 0 Å². The number of rotatable bonds is 3. The second-order valence-electron chi connectivity index (χ2n) is 6.04. The van der Waals surface area contributed by atoms with Crippen LogP contribution in [0.15, 0.2) is 6.07 Å². The maximum atomic E-state index is 12.1. The fourth-order valence-corrected chi connectivity index (χ4v) is 3.82. The lowest BCUT2D eigenvalue weighted by molar-refractivity contribution is 0.256. The van der Waals surface area contributed by atoms with Crippen molar-refractivity contribution in [3.63, 3.8) is 0 Å². The van der Waals surface area contributed by atoms with Gasteiger partial charge in [-0.2, -0.15) is 0 Å². The van der Waals surface area contributed by atoms with Crippen molar-refractivity contribution in [2.45, 2.75) is 50.8 Å².